The van der Waals surface area contributed by atoms with Crippen molar-refractivity contribution in [1.82, 2.24) is 35.2 Å². The Morgan fingerprint density at radius 2 is 1.51 bits per heavy atom. The lowest BCUT2D eigenvalue weighted by atomic mass is 9.99. The highest BCUT2D eigenvalue weighted by Gasteiger charge is 2.18. The smallest absolute Gasteiger partial charge is 0.254 e. The van der Waals surface area contributed by atoms with E-state index in [1.54, 1.807) is 25.7 Å². The van der Waals surface area contributed by atoms with Crippen molar-refractivity contribution in [1.29, 1.82) is 0 Å². The molecular formula is C29H36N8O3S. The summed E-state index contributed by atoms with van der Waals surface area (Å²) in [6.45, 7) is 15.3. The van der Waals surface area contributed by atoms with Gasteiger partial charge in [-0.05, 0) is 32.7 Å². The molecule has 0 radical (unpaired) electrons. The van der Waals surface area contributed by atoms with E-state index in [1.807, 2.05) is 53.7 Å². The number of methoxy groups -OCH3 is 2. The Morgan fingerprint density at radius 3 is 2.12 bits per heavy atom. The Hall–Kier alpha value is -4.45. The second kappa shape index (κ2) is 16.6. The summed E-state index contributed by atoms with van der Waals surface area (Å²) >= 11 is 1.26. The molecule has 4 rings (SSSR count). The number of nitrogens with one attached hydrogen (secondary N) is 1. The number of amides is 1. The summed E-state index contributed by atoms with van der Waals surface area (Å²) in [5, 5.41) is 3.39. The second-order valence-corrected chi connectivity index (χ2v) is 8.64. The van der Waals surface area contributed by atoms with Crippen molar-refractivity contribution in [2.75, 3.05) is 20.1 Å². The van der Waals surface area contributed by atoms with E-state index in [4.69, 9.17) is 9.47 Å². The molecule has 4 aromatic rings. The van der Waals surface area contributed by atoms with Crippen LogP contribution in [-0.2, 0) is 0 Å². The molecule has 0 fully saturated rings. The Kier molecular flexibility index (Phi) is 13.3. The fourth-order valence-electron chi connectivity index (χ4n) is 3.40. The van der Waals surface area contributed by atoms with Gasteiger partial charge in [-0.3, -0.25) is 14.8 Å². The summed E-state index contributed by atoms with van der Waals surface area (Å²) in [5.41, 5.74) is 4.46. The predicted octanol–water partition coefficient (Wildman–Crippen LogP) is 5.89. The van der Waals surface area contributed by atoms with E-state index in [0.29, 0.717) is 45.0 Å². The summed E-state index contributed by atoms with van der Waals surface area (Å²) in [5.74, 6) is 1.20. The van der Waals surface area contributed by atoms with Crippen LogP contribution in [0.1, 0.15) is 49.4 Å². The first-order valence-corrected chi connectivity index (χ1v) is 14.0. The maximum Gasteiger partial charge on any atom is 0.254 e. The van der Waals surface area contributed by atoms with Crippen LogP contribution >= 0.6 is 11.8 Å². The Bertz CT molecular complexity index is 1450. The number of rotatable bonds is 9. The fraction of sp³-hybridized carbons (Fsp3) is 0.310. The summed E-state index contributed by atoms with van der Waals surface area (Å²) in [4.78, 5) is 43.1. The Labute approximate surface area is 245 Å². The normalized spacial score (nSPS) is 9.85. The molecule has 0 spiro atoms. The summed E-state index contributed by atoms with van der Waals surface area (Å²) in [6, 6.07) is 3.73. The molecule has 4 aromatic heterocycles. The maximum absolute atomic E-state index is 13.2. The molecule has 0 unspecified atom stereocenters. The van der Waals surface area contributed by atoms with Crippen LogP contribution in [0.15, 0.2) is 53.1 Å². The number of ether oxygens (including phenoxy) is 2. The molecule has 4 heterocycles. The topological polar surface area (TPSA) is 137 Å². The van der Waals surface area contributed by atoms with Gasteiger partial charge in [-0.25, -0.2) is 24.9 Å². The molecule has 12 heteroatoms. The SMILES string of the molecule is C=Nc1ncc(-c2cnc(OC)cn2)nc1SCNC(=O)c1cnc(C)cc1-c1cc(C)ncc1OC.CC.CC. The predicted molar refractivity (Wildman–Crippen MR) is 163 cm³/mol. The van der Waals surface area contributed by atoms with Gasteiger partial charge in [0, 0.05) is 28.7 Å². The molecule has 1 N–H and O–H groups in total. The minimum absolute atomic E-state index is 0.202. The van der Waals surface area contributed by atoms with E-state index < -0.39 is 0 Å². The van der Waals surface area contributed by atoms with Crippen LogP contribution in [0.3, 0.4) is 0 Å². The highest BCUT2D eigenvalue weighted by atomic mass is 32.2. The zero-order chi connectivity index (χ0) is 30.4. The Balaban J connectivity index is 0.00000141. The van der Waals surface area contributed by atoms with Crippen molar-refractivity contribution in [3.05, 3.63) is 60.1 Å². The molecule has 0 aliphatic rings. The molecule has 0 bridgehead atoms. The van der Waals surface area contributed by atoms with Gasteiger partial charge >= 0.3 is 0 Å². The molecule has 1 amide bonds. The van der Waals surface area contributed by atoms with Crippen molar-refractivity contribution < 1.29 is 14.3 Å². The lowest BCUT2D eigenvalue weighted by Crippen LogP contribution is -2.24. The maximum atomic E-state index is 13.2. The zero-order valence-electron chi connectivity index (χ0n) is 24.7. The van der Waals surface area contributed by atoms with E-state index in [-0.39, 0.29) is 11.8 Å². The lowest BCUT2D eigenvalue weighted by molar-refractivity contribution is 0.0961. The van der Waals surface area contributed by atoms with Crippen LogP contribution in [-0.4, -0.2) is 62.6 Å². The minimum Gasteiger partial charge on any atom is -0.494 e. The summed E-state index contributed by atoms with van der Waals surface area (Å²) in [7, 11) is 3.08. The van der Waals surface area contributed by atoms with E-state index >= 15 is 0 Å². The molecule has 11 nitrogen and oxygen atoms in total. The minimum atomic E-state index is -0.301. The van der Waals surface area contributed by atoms with E-state index in [1.165, 1.54) is 31.3 Å². The zero-order valence-corrected chi connectivity index (χ0v) is 25.5. The third-order valence-corrected chi connectivity index (χ3v) is 6.05. The summed E-state index contributed by atoms with van der Waals surface area (Å²) < 4.78 is 10.5. The number of aliphatic imine (C=N–C) groups is 1. The average molecular weight is 577 g/mol. The van der Waals surface area contributed by atoms with Crippen molar-refractivity contribution in [2.24, 2.45) is 4.99 Å². The molecule has 0 saturated heterocycles. The number of aromatic nitrogens is 6. The van der Waals surface area contributed by atoms with Crippen LogP contribution in [0.25, 0.3) is 22.5 Å². The first-order valence-electron chi connectivity index (χ1n) is 13.0. The number of hydrogen-bond acceptors (Lipinski definition) is 11. The number of pyridine rings is 2. The van der Waals surface area contributed by atoms with Gasteiger partial charge in [0.25, 0.3) is 5.91 Å². The molecule has 41 heavy (non-hydrogen) atoms. The summed E-state index contributed by atoms with van der Waals surface area (Å²) in [6.07, 6.45) is 7.77. The molecule has 0 aliphatic heterocycles. The van der Waals surface area contributed by atoms with E-state index in [0.717, 1.165) is 17.0 Å². The highest BCUT2D eigenvalue weighted by molar-refractivity contribution is 7.99. The average Bonchev–Trinajstić information content (AvgIpc) is 3.02. The van der Waals surface area contributed by atoms with Crippen LogP contribution in [0, 0.1) is 13.8 Å². The third kappa shape index (κ3) is 8.52. The van der Waals surface area contributed by atoms with Gasteiger partial charge in [-0.1, -0.05) is 39.5 Å². The quantitative estimate of drug-likeness (QED) is 0.146. The van der Waals surface area contributed by atoms with Crippen LogP contribution < -0.4 is 14.8 Å². The van der Waals surface area contributed by atoms with Crippen LogP contribution in [0.4, 0.5) is 5.82 Å². The van der Waals surface area contributed by atoms with Crippen LogP contribution in [0.2, 0.25) is 0 Å². The number of aryl methyl sites for hydroxylation is 2. The van der Waals surface area contributed by atoms with E-state index in [9.17, 15) is 4.79 Å². The Morgan fingerprint density at radius 1 is 0.854 bits per heavy atom. The van der Waals surface area contributed by atoms with Gasteiger partial charge in [0.05, 0.1) is 50.4 Å². The molecular weight excluding hydrogens is 540 g/mol. The molecule has 0 aromatic carbocycles. The first-order chi connectivity index (χ1) is 19.9. The van der Waals surface area contributed by atoms with Gasteiger partial charge in [0.15, 0.2) is 5.82 Å². The van der Waals surface area contributed by atoms with Crippen molar-refractivity contribution in [2.45, 2.75) is 46.6 Å². The molecule has 0 atom stereocenters. The number of hydrogen-bond donors (Lipinski definition) is 1. The standard InChI is InChI=1S/C25H24N8O3S.2C2H6/c1-14-6-16(17-7-15(2)28-11-21(17)35-4)18(8-27-14)24(34)32-13-37-25-23(26-3)31-10-20(33-25)19-9-30-22(36-5)12-29-19;2*1-2/h6-12H,3,13H2,1-2,4-5H3,(H,32,34);2*1-2H3. The number of nitrogens with zero attached hydrogens (tertiary/aromatic N) is 7. The number of carbonyl (C=O) groups is 1. The van der Waals surface area contributed by atoms with E-state index in [2.05, 4.69) is 46.9 Å². The van der Waals surface area contributed by atoms with Crippen LogP contribution in [0.5, 0.6) is 11.6 Å². The van der Waals surface area contributed by atoms with Crippen molar-refractivity contribution in [3.63, 3.8) is 0 Å². The van der Waals surface area contributed by atoms with Gasteiger partial charge in [0.2, 0.25) is 5.88 Å². The largest absolute Gasteiger partial charge is 0.494 e. The van der Waals surface area contributed by atoms with Gasteiger partial charge in [-0.2, -0.15) is 0 Å². The number of carbonyl (C=O) groups excluding carboxylic acids is 1. The highest BCUT2D eigenvalue weighted by Crippen LogP contribution is 2.33. The number of thioether (sulfide) groups is 1. The molecule has 0 aliphatic carbocycles. The van der Waals surface area contributed by atoms with Gasteiger partial charge in [-0.15, -0.1) is 0 Å². The fourth-order valence-corrected chi connectivity index (χ4v) is 4.15. The molecule has 216 valence electrons. The van der Waals surface area contributed by atoms with Crippen molar-refractivity contribution >= 4 is 30.2 Å². The van der Waals surface area contributed by atoms with Gasteiger partial charge < -0.3 is 14.8 Å². The lowest BCUT2D eigenvalue weighted by Gasteiger charge is -2.14. The van der Waals surface area contributed by atoms with Crippen molar-refractivity contribution in [3.8, 4) is 34.1 Å². The first kappa shape index (κ1) is 32.8. The second-order valence-electron chi connectivity index (χ2n) is 7.68. The monoisotopic (exact) mass is 576 g/mol. The third-order valence-electron chi connectivity index (χ3n) is 5.21. The molecule has 0 saturated carbocycles. The van der Waals surface area contributed by atoms with Gasteiger partial charge in [0.1, 0.15) is 22.2 Å².